The molecule has 1 fully saturated rings. The van der Waals surface area contributed by atoms with Gasteiger partial charge in [0.2, 0.25) is 5.91 Å². The number of amides is 1. The molecule has 5 nitrogen and oxygen atoms in total. The lowest BCUT2D eigenvalue weighted by atomic mass is 9.93. The number of nitrogens with zero attached hydrogens (tertiary/aromatic N) is 2. The molecule has 1 N–H and O–H groups in total. The molecule has 1 heterocycles. The van der Waals surface area contributed by atoms with E-state index in [4.69, 9.17) is 5.11 Å². The molecule has 6 heteroatoms. The molecule has 1 aromatic carbocycles. The molecule has 2 rings (SSSR count). The third-order valence-electron chi connectivity index (χ3n) is 5.25. The number of benzene rings is 1. The fourth-order valence-corrected chi connectivity index (χ4v) is 3.75. The average Bonchev–Trinajstić information content (AvgIpc) is 2.59. The number of carboxylic acids is 1. The van der Waals surface area contributed by atoms with E-state index in [9.17, 15) is 9.59 Å². The molecule has 0 aliphatic carbocycles. The van der Waals surface area contributed by atoms with Crippen LogP contribution in [0.25, 0.3) is 0 Å². The molecular weight excluding hydrogens is 364 g/mol. The number of aliphatic carboxylic acids is 1. The van der Waals surface area contributed by atoms with Crippen LogP contribution in [0.15, 0.2) is 24.3 Å². The SMILES string of the molecule is CC(C)Cc1cccc(C(C)C(=O)N2CCC(N(C)CC(=O)O)CC2)c1.Cl. The van der Waals surface area contributed by atoms with E-state index in [1.165, 1.54) is 5.56 Å². The van der Waals surface area contributed by atoms with Crippen molar-refractivity contribution in [2.24, 2.45) is 5.92 Å². The summed E-state index contributed by atoms with van der Waals surface area (Å²) in [7, 11) is 1.85. The van der Waals surface area contributed by atoms with Gasteiger partial charge in [0.25, 0.3) is 0 Å². The number of piperidine rings is 1. The Bertz CT molecular complexity index is 628. The van der Waals surface area contributed by atoms with Gasteiger partial charge in [0, 0.05) is 19.1 Å². The van der Waals surface area contributed by atoms with E-state index >= 15 is 0 Å². The third-order valence-corrected chi connectivity index (χ3v) is 5.25. The summed E-state index contributed by atoms with van der Waals surface area (Å²) in [5.41, 5.74) is 2.37. The van der Waals surface area contributed by atoms with Crippen LogP contribution in [0.4, 0.5) is 0 Å². The zero-order chi connectivity index (χ0) is 19.3. The molecule has 1 aromatic rings. The highest BCUT2D eigenvalue weighted by molar-refractivity contribution is 5.85. The van der Waals surface area contributed by atoms with Crippen molar-refractivity contribution in [3.05, 3.63) is 35.4 Å². The molecule has 1 saturated heterocycles. The van der Waals surface area contributed by atoms with Gasteiger partial charge in [-0.2, -0.15) is 0 Å². The molecule has 1 amide bonds. The van der Waals surface area contributed by atoms with Crippen LogP contribution in [0.5, 0.6) is 0 Å². The van der Waals surface area contributed by atoms with Crippen molar-refractivity contribution in [3.63, 3.8) is 0 Å². The smallest absolute Gasteiger partial charge is 0.317 e. The molecule has 0 aromatic heterocycles. The highest BCUT2D eigenvalue weighted by Crippen LogP contribution is 2.23. The molecule has 152 valence electrons. The Balaban J connectivity index is 0.00000364. The number of carbonyl (C=O) groups is 2. The Morgan fingerprint density at radius 3 is 2.41 bits per heavy atom. The topological polar surface area (TPSA) is 60.9 Å². The van der Waals surface area contributed by atoms with E-state index in [2.05, 4.69) is 26.0 Å². The number of rotatable bonds is 7. The predicted octanol–water partition coefficient (Wildman–Crippen LogP) is 3.42. The minimum absolute atomic E-state index is 0. The molecule has 1 atom stereocenters. The van der Waals surface area contributed by atoms with Crippen molar-refractivity contribution in [2.75, 3.05) is 26.7 Å². The number of likely N-dealkylation sites (N-methyl/N-ethyl adjacent to an activating group) is 1. The molecule has 0 saturated carbocycles. The van der Waals surface area contributed by atoms with E-state index in [0.29, 0.717) is 19.0 Å². The summed E-state index contributed by atoms with van der Waals surface area (Å²) < 4.78 is 0. The molecular formula is C21H33ClN2O3. The standard InChI is InChI=1S/C21H32N2O3.ClH/c1-15(2)12-17-6-5-7-18(13-17)16(3)21(26)23-10-8-19(9-11-23)22(4)14-20(24)25;/h5-7,13,15-16,19H,8-12,14H2,1-4H3,(H,24,25);1H. The highest BCUT2D eigenvalue weighted by atomic mass is 35.5. The van der Waals surface area contributed by atoms with Gasteiger partial charge < -0.3 is 10.0 Å². The molecule has 0 radical (unpaired) electrons. The first kappa shape index (κ1) is 23.4. The van der Waals surface area contributed by atoms with Crippen LogP contribution in [0.2, 0.25) is 0 Å². The third kappa shape index (κ3) is 6.82. The van der Waals surface area contributed by atoms with Crippen molar-refractivity contribution in [3.8, 4) is 0 Å². The second kappa shape index (κ2) is 10.7. The van der Waals surface area contributed by atoms with E-state index < -0.39 is 5.97 Å². The second-order valence-electron chi connectivity index (χ2n) is 7.93. The van der Waals surface area contributed by atoms with Crippen LogP contribution in [0, 0.1) is 5.92 Å². The molecule has 1 unspecified atom stereocenters. The molecule has 1 aliphatic rings. The zero-order valence-electron chi connectivity index (χ0n) is 16.9. The minimum Gasteiger partial charge on any atom is -0.480 e. The fraction of sp³-hybridized carbons (Fsp3) is 0.619. The van der Waals surface area contributed by atoms with Gasteiger partial charge in [-0.05, 0) is 50.3 Å². The van der Waals surface area contributed by atoms with Crippen LogP contribution >= 0.6 is 12.4 Å². The largest absolute Gasteiger partial charge is 0.480 e. The number of carbonyl (C=O) groups excluding carboxylic acids is 1. The molecule has 0 bridgehead atoms. The van der Waals surface area contributed by atoms with Crippen LogP contribution in [0.3, 0.4) is 0 Å². The summed E-state index contributed by atoms with van der Waals surface area (Å²) in [6.45, 7) is 7.84. The number of carboxylic acid groups (broad SMARTS) is 1. The van der Waals surface area contributed by atoms with Gasteiger partial charge in [0.15, 0.2) is 0 Å². The van der Waals surface area contributed by atoms with Gasteiger partial charge >= 0.3 is 5.97 Å². The van der Waals surface area contributed by atoms with Crippen molar-refractivity contribution < 1.29 is 14.7 Å². The number of likely N-dealkylation sites (tertiary alicyclic amines) is 1. The monoisotopic (exact) mass is 396 g/mol. The maximum atomic E-state index is 12.9. The summed E-state index contributed by atoms with van der Waals surface area (Å²) in [6.07, 6.45) is 2.68. The molecule has 1 aliphatic heterocycles. The lowest BCUT2D eigenvalue weighted by Gasteiger charge is -2.37. The van der Waals surface area contributed by atoms with Gasteiger partial charge in [0.1, 0.15) is 0 Å². The first-order valence-electron chi connectivity index (χ1n) is 9.57. The summed E-state index contributed by atoms with van der Waals surface area (Å²) >= 11 is 0. The first-order chi connectivity index (χ1) is 12.3. The average molecular weight is 397 g/mol. The van der Waals surface area contributed by atoms with Gasteiger partial charge in [-0.25, -0.2) is 0 Å². The lowest BCUT2D eigenvalue weighted by molar-refractivity contribution is -0.140. The van der Waals surface area contributed by atoms with Crippen LogP contribution in [-0.2, 0) is 16.0 Å². The van der Waals surface area contributed by atoms with Crippen LogP contribution < -0.4 is 0 Å². The Kier molecular flexibility index (Phi) is 9.27. The summed E-state index contributed by atoms with van der Waals surface area (Å²) in [5.74, 6) is -0.180. The normalized spacial score (nSPS) is 16.3. The predicted molar refractivity (Wildman–Crippen MR) is 111 cm³/mol. The van der Waals surface area contributed by atoms with E-state index in [-0.39, 0.29) is 36.8 Å². The quantitative estimate of drug-likeness (QED) is 0.767. The van der Waals surface area contributed by atoms with Crippen LogP contribution in [-0.4, -0.2) is 59.5 Å². The maximum Gasteiger partial charge on any atom is 0.317 e. The van der Waals surface area contributed by atoms with E-state index in [1.54, 1.807) is 0 Å². The Morgan fingerprint density at radius 2 is 1.85 bits per heavy atom. The van der Waals surface area contributed by atoms with Crippen molar-refractivity contribution in [1.29, 1.82) is 0 Å². The summed E-state index contributed by atoms with van der Waals surface area (Å²) in [4.78, 5) is 27.6. The number of hydrogen-bond donors (Lipinski definition) is 1. The highest BCUT2D eigenvalue weighted by Gasteiger charge is 2.28. The summed E-state index contributed by atoms with van der Waals surface area (Å²) in [5, 5.41) is 8.92. The fourth-order valence-electron chi connectivity index (χ4n) is 3.75. The molecule has 27 heavy (non-hydrogen) atoms. The Labute approximate surface area is 169 Å². The number of halogens is 1. The van der Waals surface area contributed by atoms with Crippen molar-refractivity contribution >= 4 is 24.3 Å². The number of hydrogen-bond acceptors (Lipinski definition) is 3. The Morgan fingerprint density at radius 1 is 1.22 bits per heavy atom. The van der Waals surface area contributed by atoms with Gasteiger partial charge in [0.05, 0.1) is 12.5 Å². The summed E-state index contributed by atoms with van der Waals surface area (Å²) in [6, 6.07) is 8.62. The zero-order valence-corrected chi connectivity index (χ0v) is 17.7. The van der Waals surface area contributed by atoms with E-state index in [1.807, 2.05) is 35.9 Å². The lowest BCUT2D eigenvalue weighted by Crippen LogP contribution is -2.47. The van der Waals surface area contributed by atoms with E-state index in [0.717, 1.165) is 24.8 Å². The molecule has 0 spiro atoms. The maximum absolute atomic E-state index is 12.9. The van der Waals surface area contributed by atoms with Crippen molar-refractivity contribution in [2.45, 2.75) is 52.0 Å². The second-order valence-corrected chi connectivity index (χ2v) is 7.93. The van der Waals surface area contributed by atoms with Crippen molar-refractivity contribution in [1.82, 2.24) is 9.80 Å². The first-order valence-corrected chi connectivity index (χ1v) is 9.57. The van der Waals surface area contributed by atoms with Gasteiger partial charge in [-0.3, -0.25) is 14.5 Å². The minimum atomic E-state index is -0.805. The van der Waals surface area contributed by atoms with Gasteiger partial charge in [-0.15, -0.1) is 12.4 Å². The van der Waals surface area contributed by atoms with Crippen LogP contribution in [0.1, 0.15) is 50.7 Å². The Hall–Kier alpha value is -1.59. The van der Waals surface area contributed by atoms with Gasteiger partial charge in [-0.1, -0.05) is 38.1 Å².